The Morgan fingerprint density at radius 1 is 1.10 bits per heavy atom. The van der Waals surface area contributed by atoms with E-state index in [1.807, 2.05) is 12.3 Å². The number of nitrogens with zero attached hydrogens (tertiary/aromatic N) is 1. The van der Waals surface area contributed by atoms with Crippen molar-refractivity contribution in [2.45, 2.75) is 46.2 Å². The summed E-state index contributed by atoms with van der Waals surface area (Å²) in [6.07, 6.45) is 4.51. The highest BCUT2D eigenvalue weighted by molar-refractivity contribution is 5.46. The maximum Gasteiger partial charge on any atom is 0.219 e. The summed E-state index contributed by atoms with van der Waals surface area (Å²) in [4.78, 5) is 4.42. The van der Waals surface area contributed by atoms with Crippen LogP contribution < -0.4 is 10.1 Å². The molecule has 0 bridgehead atoms. The molecule has 1 aromatic heterocycles. The van der Waals surface area contributed by atoms with Gasteiger partial charge in [0.1, 0.15) is 5.75 Å². The maximum absolute atomic E-state index is 5.98. The molecular formula is C18H22N2O. The summed E-state index contributed by atoms with van der Waals surface area (Å²) in [7, 11) is 0. The van der Waals surface area contributed by atoms with Crippen molar-refractivity contribution in [2.75, 3.05) is 0 Å². The standard InChI is InChI=1S/C18H22N2O/c1-12-4-5-13(2)18(14(12)3)21-17-9-6-15(11-20-17)10-19-16-7-8-16/h4-6,9,11,16,19H,7-8,10H2,1-3H3. The second kappa shape index (κ2) is 5.86. The lowest BCUT2D eigenvalue weighted by Crippen LogP contribution is -2.15. The Morgan fingerprint density at radius 2 is 1.86 bits per heavy atom. The Bertz CT molecular complexity index is 630. The number of aryl methyl sites for hydroxylation is 2. The molecule has 21 heavy (non-hydrogen) atoms. The van der Waals surface area contributed by atoms with Crippen molar-refractivity contribution in [3.63, 3.8) is 0 Å². The van der Waals surface area contributed by atoms with Gasteiger partial charge < -0.3 is 10.1 Å². The summed E-state index contributed by atoms with van der Waals surface area (Å²) in [5, 5.41) is 3.49. The third kappa shape index (κ3) is 3.42. The zero-order chi connectivity index (χ0) is 14.8. The van der Waals surface area contributed by atoms with Crippen molar-refractivity contribution >= 4 is 0 Å². The molecule has 0 radical (unpaired) electrons. The number of rotatable bonds is 5. The van der Waals surface area contributed by atoms with Gasteiger partial charge in [-0.2, -0.15) is 0 Å². The fourth-order valence-electron chi connectivity index (χ4n) is 2.31. The smallest absolute Gasteiger partial charge is 0.219 e. The molecule has 0 atom stereocenters. The van der Waals surface area contributed by atoms with Crippen molar-refractivity contribution in [1.29, 1.82) is 0 Å². The van der Waals surface area contributed by atoms with Crippen LogP contribution in [0.3, 0.4) is 0 Å². The lowest BCUT2D eigenvalue weighted by molar-refractivity contribution is 0.455. The first-order chi connectivity index (χ1) is 10.1. The number of pyridine rings is 1. The number of ether oxygens (including phenoxy) is 1. The summed E-state index contributed by atoms with van der Waals surface area (Å²) < 4.78 is 5.98. The van der Waals surface area contributed by atoms with Crippen LogP contribution in [0.4, 0.5) is 0 Å². The molecule has 110 valence electrons. The van der Waals surface area contributed by atoms with Gasteiger partial charge in [-0.3, -0.25) is 0 Å². The van der Waals surface area contributed by atoms with E-state index in [1.165, 1.54) is 29.5 Å². The fraction of sp³-hybridized carbons (Fsp3) is 0.389. The average Bonchev–Trinajstić information content (AvgIpc) is 3.31. The maximum atomic E-state index is 5.98. The first-order valence-electron chi connectivity index (χ1n) is 7.56. The van der Waals surface area contributed by atoms with E-state index in [-0.39, 0.29) is 0 Å². The van der Waals surface area contributed by atoms with E-state index in [9.17, 15) is 0 Å². The number of nitrogens with one attached hydrogen (secondary N) is 1. The van der Waals surface area contributed by atoms with Gasteiger partial charge in [0.15, 0.2) is 0 Å². The van der Waals surface area contributed by atoms with Gasteiger partial charge in [0.2, 0.25) is 5.88 Å². The van der Waals surface area contributed by atoms with E-state index in [1.54, 1.807) is 0 Å². The van der Waals surface area contributed by atoms with E-state index in [4.69, 9.17) is 4.74 Å². The monoisotopic (exact) mass is 282 g/mol. The zero-order valence-corrected chi connectivity index (χ0v) is 12.9. The average molecular weight is 282 g/mol. The van der Waals surface area contributed by atoms with E-state index < -0.39 is 0 Å². The van der Waals surface area contributed by atoms with Gasteiger partial charge in [-0.05, 0) is 55.9 Å². The Hall–Kier alpha value is -1.87. The Morgan fingerprint density at radius 3 is 2.52 bits per heavy atom. The number of benzene rings is 1. The first kappa shape index (κ1) is 14.1. The molecule has 1 saturated carbocycles. The molecule has 0 unspecified atom stereocenters. The molecule has 2 aromatic rings. The van der Waals surface area contributed by atoms with Crippen molar-refractivity contribution in [3.05, 3.63) is 52.7 Å². The fourth-order valence-corrected chi connectivity index (χ4v) is 2.31. The van der Waals surface area contributed by atoms with Crippen LogP contribution in [-0.2, 0) is 6.54 Å². The molecule has 3 heteroatoms. The van der Waals surface area contributed by atoms with Gasteiger partial charge in [0.05, 0.1) is 0 Å². The van der Waals surface area contributed by atoms with Crippen LogP contribution in [0.25, 0.3) is 0 Å². The molecule has 3 nitrogen and oxygen atoms in total. The summed E-state index contributed by atoms with van der Waals surface area (Å²) in [5.74, 6) is 1.58. The van der Waals surface area contributed by atoms with Crippen LogP contribution >= 0.6 is 0 Å². The third-order valence-corrected chi connectivity index (χ3v) is 4.05. The molecule has 0 saturated heterocycles. The minimum Gasteiger partial charge on any atom is -0.438 e. The SMILES string of the molecule is Cc1ccc(C)c(Oc2ccc(CNC3CC3)cn2)c1C. The minimum atomic E-state index is 0.655. The van der Waals surface area contributed by atoms with Crippen LogP contribution in [0.5, 0.6) is 11.6 Å². The van der Waals surface area contributed by atoms with E-state index in [0.717, 1.165) is 23.9 Å². The van der Waals surface area contributed by atoms with Crippen LogP contribution in [0.1, 0.15) is 35.1 Å². The van der Waals surface area contributed by atoms with Gasteiger partial charge in [-0.15, -0.1) is 0 Å². The van der Waals surface area contributed by atoms with E-state index in [0.29, 0.717) is 5.88 Å². The van der Waals surface area contributed by atoms with Crippen molar-refractivity contribution in [2.24, 2.45) is 0 Å². The normalized spacial score (nSPS) is 14.2. The molecule has 1 aliphatic carbocycles. The number of hydrogen-bond acceptors (Lipinski definition) is 3. The van der Waals surface area contributed by atoms with Crippen molar-refractivity contribution < 1.29 is 4.74 Å². The van der Waals surface area contributed by atoms with Crippen LogP contribution in [0.15, 0.2) is 30.5 Å². The van der Waals surface area contributed by atoms with Gasteiger partial charge in [-0.1, -0.05) is 18.2 Å². The van der Waals surface area contributed by atoms with E-state index in [2.05, 4.69) is 49.3 Å². The van der Waals surface area contributed by atoms with Gasteiger partial charge in [0, 0.05) is 24.8 Å². The predicted molar refractivity (Wildman–Crippen MR) is 84.8 cm³/mol. The molecular weight excluding hydrogens is 260 g/mol. The first-order valence-corrected chi connectivity index (χ1v) is 7.56. The topological polar surface area (TPSA) is 34.1 Å². The molecule has 0 amide bonds. The quantitative estimate of drug-likeness (QED) is 0.898. The molecule has 3 rings (SSSR count). The third-order valence-electron chi connectivity index (χ3n) is 4.05. The van der Waals surface area contributed by atoms with Gasteiger partial charge >= 0.3 is 0 Å². The summed E-state index contributed by atoms with van der Waals surface area (Å²) >= 11 is 0. The van der Waals surface area contributed by atoms with Crippen molar-refractivity contribution in [3.8, 4) is 11.6 Å². The summed E-state index contributed by atoms with van der Waals surface area (Å²) in [5.41, 5.74) is 4.75. The number of hydrogen-bond donors (Lipinski definition) is 1. The largest absolute Gasteiger partial charge is 0.438 e. The molecule has 0 spiro atoms. The van der Waals surface area contributed by atoms with Gasteiger partial charge in [-0.25, -0.2) is 4.98 Å². The van der Waals surface area contributed by atoms with Gasteiger partial charge in [0.25, 0.3) is 0 Å². The lowest BCUT2D eigenvalue weighted by Gasteiger charge is -2.13. The molecule has 1 heterocycles. The molecule has 1 fully saturated rings. The summed E-state index contributed by atoms with van der Waals surface area (Å²) in [6, 6.07) is 8.96. The highest BCUT2D eigenvalue weighted by Crippen LogP contribution is 2.29. The molecule has 1 aliphatic rings. The lowest BCUT2D eigenvalue weighted by atomic mass is 10.1. The van der Waals surface area contributed by atoms with Crippen molar-refractivity contribution in [1.82, 2.24) is 10.3 Å². The molecule has 1 aromatic carbocycles. The van der Waals surface area contributed by atoms with Crippen LogP contribution in [0.2, 0.25) is 0 Å². The number of aromatic nitrogens is 1. The predicted octanol–water partition coefficient (Wildman–Crippen LogP) is 4.05. The Balaban J connectivity index is 1.71. The minimum absolute atomic E-state index is 0.655. The Labute approximate surface area is 126 Å². The summed E-state index contributed by atoms with van der Waals surface area (Å²) in [6.45, 7) is 7.14. The second-order valence-electron chi connectivity index (χ2n) is 5.92. The zero-order valence-electron chi connectivity index (χ0n) is 12.9. The Kier molecular flexibility index (Phi) is 3.93. The second-order valence-corrected chi connectivity index (χ2v) is 5.92. The highest BCUT2D eigenvalue weighted by atomic mass is 16.5. The molecule has 1 N–H and O–H groups in total. The van der Waals surface area contributed by atoms with E-state index >= 15 is 0 Å². The van der Waals surface area contributed by atoms with Crippen LogP contribution in [0, 0.1) is 20.8 Å². The van der Waals surface area contributed by atoms with Crippen LogP contribution in [-0.4, -0.2) is 11.0 Å². The molecule has 0 aliphatic heterocycles. The highest BCUT2D eigenvalue weighted by Gasteiger charge is 2.19.